The lowest BCUT2D eigenvalue weighted by Gasteiger charge is -2.16. The van der Waals surface area contributed by atoms with Gasteiger partial charge in [-0.15, -0.1) is 0 Å². The summed E-state index contributed by atoms with van der Waals surface area (Å²) in [6, 6.07) is 15.9. The normalized spacial score (nSPS) is 21.7. The summed E-state index contributed by atoms with van der Waals surface area (Å²) < 4.78 is 16.5. The van der Waals surface area contributed by atoms with E-state index >= 15 is 0 Å². The predicted molar refractivity (Wildman–Crippen MR) is 91.3 cm³/mol. The van der Waals surface area contributed by atoms with Crippen LogP contribution in [0.4, 0.5) is 0 Å². The van der Waals surface area contributed by atoms with Crippen LogP contribution in [-0.4, -0.2) is 30.8 Å². The second kappa shape index (κ2) is 6.78. The number of ketones is 1. The highest BCUT2D eigenvalue weighted by Crippen LogP contribution is 2.39. The Morgan fingerprint density at radius 1 is 0.920 bits per heavy atom. The van der Waals surface area contributed by atoms with Gasteiger partial charge in [-0.3, -0.25) is 4.79 Å². The topological polar surface area (TPSA) is 61.8 Å². The highest BCUT2D eigenvalue weighted by atomic mass is 16.8. The van der Waals surface area contributed by atoms with Crippen LogP contribution < -0.4 is 0 Å². The van der Waals surface area contributed by atoms with Crippen molar-refractivity contribution in [1.29, 1.82) is 0 Å². The van der Waals surface area contributed by atoms with Crippen LogP contribution in [0.25, 0.3) is 0 Å². The van der Waals surface area contributed by atoms with E-state index in [1.807, 2.05) is 30.3 Å². The first-order valence-electron chi connectivity index (χ1n) is 8.04. The Morgan fingerprint density at radius 2 is 1.52 bits per heavy atom. The summed E-state index contributed by atoms with van der Waals surface area (Å²) in [5.41, 5.74) is 1.74. The molecule has 1 saturated heterocycles. The summed E-state index contributed by atoms with van der Waals surface area (Å²) >= 11 is 0. The van der Waals surface area contributed by atoms with Gasteiger partial charge in [0.15, 0.2) is 17.7 Å². The molecule has 3 rings (SSSR count). The number of hydrogen-bond donors (Lipinski definition) is 0. The molecule has 0 aliphatic carbocycles. The van der Waals surface area contributed by atoms with E-state index in [2.05, 4.69) is 4.74 Å². The highest BCUT2D eigenvalue weighted by molar-refractivity contribution is 6.01. The van der Waals surface area contributed by atoms with Gasteiger partial charge < -0.3 is 14.2 Å². The highest BCUT2D eigenvalue weighted by Gasteiger charge is 2.45. The molecule has 0 aromatic heterocycles. The SMILES string of the molecule is COC(=O)c1ccc(C(=O)C2OC(C)(C)OC2c2ccccc2)cc1. The maximum Gasteiger partial charge on any atom is 0.337 e. The van der Waals surface area contributed by atoms with Crippen molar-refractivity contribution < 1.29 is 23.8 Å². The summed E-state index contributed by atoms with van der Waals surface area (Å²) in [6.07, 6.45) is -1.23. The Bertz CT molecular complexity index is 764. The molecule has 1 aliphatic heterocycles. The van der Waals surface area contributed by atoms with E-state index < -0.39 is 24.0 Å². The summed E-state index contributed by atoms with van der Waals surface area (Å²) in [6.45, 7) is 3.58. The van der Waals surface area contributed by atoms with Gasteiger partial charge in [0.05, 0.1) is 12.7 Å². The molecule has 1 aliphatic rings. The van der Waals surface area contributed by atoms with E-state index in [1.165, 1.54) is 7.11 Å². The maximum absolute atomic E-state index is 12.9. The zero-order chi connectivity index (χ0) is 18.0. The molecule has 2 unspecified atom stereocenters. The van der Waals surface area contributed by atoms with E-state index in [1.54, 1.807) is 38.1 Å². The molecule has 0 bridgehead atoms. The maximum atomic E-state index is 12.9. The Balaban J connectivity index is 1.87. The minimum atomic E-state index is -0.854. The van der Waals surface area contributed by atoms with Crippen LogP contribution in [0.1, 0.15) is 46.2 Å². The molecule has 0 N–H and O–H groups in total. The van der Waals surface area contributed by atoms with E-state index in [-0.39, 0.29) is 5.78 Å². The van der Waals surface area contributed by atoms with Gasteiger partial charge in [0.1, 0.15) is 6.10 Å². The van der Waals surface area contributed by atoms with Crippen LogP contribution >= 0.6 is 0 Å². The van der Waals surface area contributed by atoms with Gasteiger partial charge in [-0.25, -0.2) is 4.79 Å². The third-order valence-corrected chi connectivity index (χ3v) is 4.07. The average Bonchev–Trinajstić information content (AvgIpc) is 2.97. The van der Waals surface area contributed by atoms with Crippen molar-refractivity contribution in [3.05, 3.63) is 71.3 Å². The number of esters is 1. The molecule has 2 atom stereocenters. The summed E-state index contributed by atoms with van der Waals surface area (Å²) in [5.74, 6) is -1.48. The van der Waals surface area contributed by atoms with Gasteiger partial charge in [0.25, 0.3) is 0 Å². The zero-order valence-corrected chi connectivity index (χ0v) is 14.4. The van der Waals surface area contributed by atoms with Crippen molar-refractivity contribution in [1.82, 2.24) is 0 Å². The van der Waals surface area contributed by atoms with E-state index in [4.69, 9.17) is 9.47 Å². The number of hydrogen-bond acceptors (Lipinski definition) is 5. The number of benzene rings is 2. The molecule has 5 nitrogen and oxygen atoms in total. The molecule has 5 heteroatoms. The number of ether oxygens (including phenoxy) is 3. The Morgan fingerprint density at radius 3 is 2.12 bits per heavy atom. The summed E-state index contributed by atoms with van der Waals surface area (Å²) in [7, 11) is 1.32. The van der Waals surface area contributed by atoms with Crippen LogP contribution in [-0.2, 0) is 14.2 Å². The van der Waals surface area contributed by atoms with Crippen LogP contribution in [0.5, 0.6) is 0 Å². The second-order valence-electron chi connectivity index (χ2n) is 6.32. The monoisotopic (exact) mass is 340 g/mol. The summed E-state index contributed by atoms with van der Waals surface area (Å²) in [5, 5.41) is 0. The predicted octanol–water partition coefficient (Wildman–Crippen LogP) is 3.55. The molecule has 25 heavy (non-hydrogen) atoms. The van der Waals surface area contributed by atoms with Crippen LogP contribution in [0.15, 0.2) is 54.6 Å². The van der Waals surface area contributed by atoms with Crippen molar-refractivity contribution >= 4 is 11.8 Å². The molecule has 0 saturated carbocycles. The van der Waals surface area contributed by atoms with Crippen molar-refractivity contribution in [2.75, 3.05) is 7.11 Å². The first-order chi connectivity index (χ1) is 11.9. The fraction of sp³-hybridized carbons (Fsp3) is 0.300. The fourth-order valence-corrected chi connectivity index (χ4v) is 2.89. The van der Waals surface area contributed by atoms with Crippen molar-refractivity contribution in [3.8, 4) is 0 Å². The van der Waals surface area contributed by atoms with E-state index in [0.29, 0.717) is 11.1 Å². The third-order valence-electron chi connectivity index (χ3n) is 4.07. The Kier molecular flexibility index (Phi) is 4.70. The minimum absolute atomic E-state index is 0.184. The van der Waals surface area contributed by atoms with E-state index in [0.717, 1.165) is 5.56 Å². The number of carbonyl (C=O) groups is 2. The quantitative estimate of drug-likeness (QED) is 0.629. The second-order valence-corrected chi connectivity index (χ2v) is 6.32. The Hall–Kier alpha value is -2.50. The molecule has 0 amide bonds. The van der Waals surface area contributed by atoms with Gasteiger partial charge >= 0.3 is 5.97 Å². The number of rotatable bonds is 4. The smallest absolute Gasteiger partial charge is 0.337 e. The molecule has 0 radical (unpaired) electrons. The first-order valence-corrected chi connectivity index (χ1v) is 8.04. The van der Waals surface area contributed by atoms with Gasteiger partial charge in [0, 0.05) is 5.56 Å². The molecule has 0 spiro atoms. The number of Topliss-reactive ketones (excluding diaryl/α,β-unsaturated/α-hetero) is 1. The zero-order valence-electron chi connectivity index (χ0n) is 14.4. The lowest BCUT2D eigenvalue weighted by molar-refractivity contribution is -0.143. The largest absolute Gasteiger partial charge is 0.465 e. The lowest BCUT2D eigenvalue weighted by Crippen LogP contribution is -2.28. The molecular formula is C20H20O5. The van der Waals surface area contributed by atoms with Gasteiger partial charge in [-0.2, -0.15) is 0 Å². The third kappa shape index (κ3) is 3.62. The van der Waals surface area contributed by atoms with Gasteiger partial charge in [0.2, 0.25) is 0 Å². The van der Waals surface area contributed by atoms with Crippen molar-refractivity contribution in [2.45, 2.75) is 31.8 Å². The minimum Gasteiger partial charge on any atom is -0.465 e. The van der Waals surface area contributed by atoms with E-state index in [9.17, 15) is 9.59 Å². The number of carbonyl (C=O) groups excluding carboxylic acids is 2. The van der Waals surface area contributed by atoms with Crippen molar-refractivity contribution in [3.63, 3.8) is 0 Å². The lowest BCUT2D eigenvalue weighted by atomic mass is 9.97. The Labute approximate surface area is 146 Å². The molecule has 1 heterocycles. The van der Waals surface area contributed by atoms with Crippen LogP contribution in [0, 0.1) is 0 Å². The molecule has 2 aromatic carbocycles. The van der Waals surface area contributed by atoms with Crippen LogP contribution in [0.3, 0.4) is 0 Å². The standard InChI is InChI=1S/C20H20O5/c1-20(2)24-17(14-7-5-4-6-8-14)18(25-20)16(21)13-9-11-15(12-10-13)19(22)23-3/h4-12,17-18H,1-3H3. The summed E-state index contributed by atoms with van der Waals surface area (Å²) in [4.78, 5) is 24.5. The van der Waals surface area contributed by atoms with Crippen LogP contribution in [0.2, 0.25) is 0 Å². The molecular weight excluding hydrogens is 320 g/mol. The van der Waals surface area contributed by atoms with Crippen molar-refractivity contribution in [2.24, 2.45) is 0 Å². The average molecular weight is 340 g/mol. The fourth-order valence-electron chi connectivity index (χ4n) is 2.89. The molecule has 2 aromatic rings. The van der Waals surface area contributed by atoms with Gasteiger partial charge in [-0.05, 0) is 31.5 Å². The molecule has 130 valence electrons. The molecule has 1 fully saturated rings. The van der Waals surface area contributed by atoms with Gasteiger partial charge in [-0.1, -0.05) is 42.5 Å². The first kappa shape index (κ1) is 17.3. The number of methoxy groups -OCH3 is 1.